The number of pyridine rings is 1. The van der Waals surface area contributed by atoms with E-state index < -0.39 is 0 Å². The fourth-order valence-electron chi connectivity index (χ4n) is 2.26. The number of aromatic nitrogens is 1. The molecule has 122 valence electrons. The maximum atomic E-state index is 11.8. The first-order valence-electron chi connectivity index (χ1n) is 7.95. The van der Waals surface area contributed by atoms with Gasteiger partial charge >= 0.3 is 0 Å². The normalized spacial score (nSPS) is 12.0. The maximum Gasteiger partial charge on any atom is 0.220 e. The second-order valence-electron chi connectivity index (χ2n) is 6.11. The Labute approximate surface area is 137 Å². The first-order chi connectivity index (χ1) is 11.0. The average Bonchev–Trinajstić information content (AvgIpc) is 2.53. The van der Waals surface area contributed by atoms with E-state index in [4.69, 9.17) is 4.74 Å². The minimum Gasteiger partial charge on any atom is -0.489 e. The van der Waals surface area contributed by atoms with Crippen molar-refractivity contribution in [3.05, 3.63) is 59.9 Å². The number of hydrogen-bond donors (Lipinski definition) is 1. The first kappa shape index (κ1) is 17.0. The molecule has 0 aliphatic rings. The van der Waals surface area contributed by atoms with E-state index >= 15 is 0 Å². The Kier molecular flexibility index (Phi) is 6.15. The van der Waals surface area contributed by atoms with Gasteiger partial charge in [-0.25, -0.2) is 0 Å². The molecule has 1 unspecified atom stereocenters. The second-order valence-corrected chi connectivity index (χ2v) is 6.11. The summed E-state index contributed by atoms with van der Waals surface area (Å²) in [6.45, 7) is 6.56. The van der Waals surface area contributed by atoms with Gasteiger partial charge in [0.2, 0.25) is 5.91 Å². The molecule has 0 aliphatic heterocycles. The van der Waals surface area contributed by atoms with Crippen molar-refractivity contribution in [2.24, 2.45) is 5.92 Å². The molecule has 1 amide bonds. The Balaban J connectivity index is 1.87. The van der Waals surface area contributed by atoms with Crippen molar-refractivity contribution in [2.75, 3.05) is 0 Å². The van der Waals surface area contributed by atoms with Gasteiger partial charge < -0.3 is 10.1 Å². The van der Waals surface area contributed by atoms with E-state index in [-0.39, 0.29) is 11.9 Å². The lowest BCUT2D eigenvalue weighted by molar-refractivity contribution is -0.122. The van der Waals surface area contributed by atoms with E-state index in [1.165, 1.54) is 0 Å². The van der Waals surface area contributed by atoms with E-state index in [0.717, 1.165) is 16.9 Å². The zero-order chi connectivity index (χ0) is 16.7. The maximum absolute atomic E-state index is 11.8. The zero-order valence-corrected chi connectivity index (χ0v) is 14.0. The lowest BCUT2D eigenvalue weighted by Gasteiger charge is -2.16. The minimum absolute atomic E-state index is 0.00590. The molecule has 0 saturated heterocycles. The highest BCUT2D eigenvalue weighted by molar-refractivity contribution is 5.76. The number of ether oxygens (including phenoxy) is 1. The Bertz CT molecular complexity index is 609. The van der Waals surface area contributed by atoms with Crippen LogP contribution in [0, 0.1) is 5.92 Å². The molecule has 1 aromatic carbocycles. The molecule has 0 aliphatic carbocycles. The molecule has 23 heavy (non-hydrogen) atoms. The number of carbonyl (C=O) groups excluding carboxylic acids is 1. The Morgan fingerprint density at radius 3 is 2.52 bits per heavy atom. The Morgan fingerprint density at radius 1 is 1.17 bits per heavy atom. The molecule has 2 rings (SSSR count). The van der Waals surface area contributed by atoms with E-state index in [0.29, 0.717) is 18.9 Å². The Morgan fingerprint density at radius 2 is 1.91 bits per heavy atom. The van der Waals surface area contributed by atoms with Gasteiger partial charge in [-0.3, -0.25) is 9.78 Å². The van der Waals surface area contributed by atoms with Crippen LogP contribution in [-0.4, -0.2) is 10.9 Å². The van der Waals surface area contributed by atoms with Gasteiger partial charge in [0.25, 0.3) is 0 Å². The largest absolute Gasteiger partial charge is 0.489 e. The summed E-state index contributed by atoms with van der Waals surface area (Å²) in [5.74, 6) is 1.26. The van der Waals surface area contributed by atoms with Crippen LogP contribution < -0.4 is 10.1 Å². The molecule has 1 atom stereocenters. The van der Waals surface area contributed by atoms with Crippen LogP contribution in [0.4, 0.5) is 0 Å². The molecule has 4 nitrogen and oxygen atoms in total. The van der Waals surface area contributed by atoms with Crippen LogP contribution in [0.15, 0.2) is 48.8 Å². The van der Waals surface area contributed by atoms with Gasteiger partial charge in [-0.2, -0.15) is 0 Å². The summed E-state index contributed by atoms with van der Waals surface area (Å²) in [4.78, 5) is 15.9. The fourth-order valence-corrected chi connectivity index (χ4v) is 2.26. The predicted octanol–water partition coefficient (Wildman–Crippen LogP) is 3.88. The number of hydrogen-bond acceptors (Lipinski definition) is 3. The number of rotatable bonds is 7. The Hall–Kier alpha value is -2.36. The van der Waals surface area contributed by atoms with Crippen LogP contribution in [0.5, 0.6) is 5.75 Å². The van der Waals surface area contributed by atoms with Crippen LogP contribution in [0.25, 0.3) is 0 Å². The lowest BCUT2D eigenvalue weighted by atomic mass is 10.1. The molecule has 1 heterocycles. The number of nitrogens with one attached hydrogen (secondary N) is 1. The van der Waals surface area contributed by atoms with Crippen molar-refractivity contribution in [3.63, 3.8) is 0 Å². The van der Waals surface area contributed by atoms with Gasteiger partial charge in [0.15, 0.2) is 0 Å². The van der Waals surface area contributed by atoms with Crippen LogP contribution in [0.3, 0.4) is 0 Å². The minimum atomic E-state index is -0.00590. The molecule has 0 saturated carbocycles. The second kappa shape index (κ2) is 8.32. The van der Waals surface area contributed by atoms with Crippen molar-refractivity contribution < 1.29 is 9.53 Å². The van der Waals surface area contributed by atoms with Crippen molar-refractivity contribution in [3.8, 4) is 5.75 Å². The zero-order valence-electron chi connectivity index (χ0n) is 14.0. The highest BCUT2D eigenvalue weighted by Gasteiger charge is 2.10. The molecule has 1 aromatic heterocycles. The van der Waals surface area contributed by atoms with Crippen molar-refractivity contribution in [1.29, 1.82) is 0 Å². The average molecular weight is 312 g/mol. The predicted molar refractivity (Wildman–Crippen MR) is 91.0 cm³/mol. The lowest BCUT2D eigenvalue weighted by Crippen LogP contribution is -2.27. The number of amides is 1. The van der Waals surface area contributed by atoms with Gasteiger partial charge in [-0.15, -0.1) is 0 Å². The molecule has 0 radical (unpaired) electrons. The van der Waals surface area contributed by atoms with E-state index in [1.807, 2.05) is 57.2 Å². The van der Waals surface area contributed by atoms with Crippen molar-refractivity contribution in [1.82, 2.24) is 10.3 Å². The van der Waals surface area contributed by atoms with E-state index in [1.54, 1.807) is 12.4 Å². The molecule has 4 heteroatoms. The fraction of sp³-hybridized carbons (Fsp3) is 0.368. The smallest absolute Gasteiger partial charge is 0.220 e. The molecule has 1 N–H and O–H groups in total. The summed E-state index contributed by atoms with van der Waals surface area (Å²) in [7, 11) is 0. The number of carbonyl (C=O) groups is 1. The monoisotopic (exact) mass is 312 g/mol. The van der Waals surface area contributed by atoms with Gasteiger partial charge in [0.1, 0.15) is 12.4 Å². The van der Waals surface area contributed by atoms with Crippen molar-refractivity contribution in [2.45, 2.75) is 39.8 Å². The number of benzene rings is 1. The highest BCUT2D eigenvalue weighted by Crippen LogP contribution is 2.19. The molecule has 0 bridgehead atoms. The van der Waals surface area contributed by atoms with Crippen molar-refractivity contribution >= 4 is 5.91 Å². The summed E-state index contributed by atoms with van der Waals surface area (Å²) in [6, 6.07) is 11.7. The quantitative estimate of drug-likeness (QED) is 0.844. The standard InChI is InChI=1S/C19H24N2O2/c1-14(2)11-19(22)21-15(3)17-6-8-18(9-7-17)23-13-16-5-4-10-20-12-16/h4-10,12,14-15H,11,13H2,1-3H3,(H,21,22). The van der Waals surface area contributed by atoms with Crippen LogP contribution in [0.2, 0.25) is 0 Å². The summed E-state index contributed by atoms with van der Waals surface area (Å²) >= 11 is 0. The van der Waals surface area contributed by atoms with Crippen LogP contribution >= 0.6 is 0 Å². The molecule has 0 spiro atoms. The molecule has 2 aromatic rings. The van der Waals surface area contributed by atoms with Crippen LogP contribution in [-0.2, 0) is 11.4 Å². The third-order valence-electron chi connectivity index (χ3n) is 3.48. The number of nitrogens with zero attached hydrogens (tertiary/aromatic N) is 1. The third kappa shape index (κ3) is 5.74. The summed E-state index contributed by atoms with van der Waals surface area (Å²) in [5, 5.41) is 3.02. The van der Waals surface area contributed by atoms with Crippen LogP contribution in [0.1, 0.15) is 44.4 Å². The SMILES string of the molecule is CC(C)CC(=O)NC(C)c1ccc(OCc2cccnc2)cc1. The van der Waals surface area contributed by atoms with E-state index in [9.17, 15) is 4.79 Å². The van der Waals surface area contributed by atoms with Gasteiger partial charge in [-0.1, -0.05) is 32.0 Å². The molecular weight excluding hydrogens is 288 g/mol. The van der Waals surface area contributed by atoms with E-state index in [2.05, 4.69) is 10.3 Å². The van der Waals surface area contributed by atoms with Gasteiger partial charge in [0, 0.05) is 24.4 Å². The highest BCUT2D eigenvalue weighted by atomic mass is 16.5. The summed E-state index contributed by atoms with van der Waals surface area (Å²) in [6.07, 6.45) is 4.09. The molecule has 0 fully saturated rings. The summed E-state index contributed by atoms with van der Waals surface area (Å²) < 4.78 is 5.73. The third-order valence-corrected chi connectivity index (χ3v) is 3.48. The summed E-state index contributed by atoms with van der Waals surface area (Å²) in [5.41, 5.74) is 2.10. The van der Waals surface area contributed by atoms with Gasteiger partial charge in [0.05, 0.1) is 6.04 Å². The van der Waals surface area contributed by atoms with Gasteiger partial charge in [-0.05, 0) is 36.6 Å². The topological polar surface area (TPSA) is 51.2 Å². The molecular formula is C19H24N2O2. The first-order valence-corrected chi connectivity index (χ1v) is 7.95.